The maximum Gasteiger partial charge on any atom is 0.276 e. The number of hydrogen-bond donors (Lipinski definition) is 1. The van der Waals surface area contributed by atoms with Crippen molar-refractivity contribution < 1.29 is 13.2 Å². The minimum absolute atomic E-state index is 0.0365. The van der Waals surface area contributed by atoms with E-state index in [4.69, 9.17) is 4.74 Å². The van der Waals surface area contributed by atoms with Crippen molar-refractivity contribution in [3.8, 4) is 0 Å². The number of rotatable bonds is 3. The minimum atomic E-state index is -3.57. The number of sulfonamides is 1. The average molecular weight is 280 g/mol. The normalized spacial score (nSPS) is 27.9. The number of nitrogens with one attached hydrogen (secondary N) is 1. The van der Waals surface area contributed by atoms with Gasteiger partial charge < -0.3 is 4.74 Å². The molecule has 0 amide bonds. The van der Waals surface area contributed by atoms with Crippen molar-refractivity contribution in [2.45, 2.75) is 43.3 Å². The van der Waals surface area contributed by atoms with Crippen LogP contribution in [0.5, 0.6) is 0 Å². The van der Waals surface area contributed by atoms with E-state index in [1.165, 1.54) is 0 Å². The second-order valence-electron chi connectivity index (χ2n) is 5.00. The lowest BCUT2D eigenvalue weighted by Gasteiger charge is -2.09. The fraction of sp³-hybridized carbons (Fsp3) is 0.462. The third-order valence-corrected chi connectivity index (χ3v) is 4.70. The van der Waals surface area contributed by atoms with Gasteiger partial charge in [-0.2, -0.15) is 13.5 Å². The molecule has 1 saturated heterocycles. The van der Waals surface area contributed by atoms with Crippen molar-refractivity contribution in [2.24, 2.45) is 5.10 Å². The predicted octanol–water partition coefficient (Wildman–Crippen LogP) is 1.58. The highest BCUT2D eigenvalue weighted by atomic mass is 32.2. The standard InChI is InChI=1S/C13H16N2O3S/c1-9-5-7-10(8-6-9)19(16,17)15-14-11-3-2-4-12-13(11)18-12/h5-8,12-13,15H,2-4H2,1H3/b14-11+/t12-,13+/m0/s1. The predicted molar refractivity (Wildman–Crippen MR) is 71.4 cm³/mol. The quantitative estimate of drug-likeness (QED) is 0.675. The summed E-state index contributed by atoms with van der Waals surface area (Å²) in [5.74, 6) is 0. The number of fused-ring (bicyclic) bond motifs is 1. The molecule has 0 radical (unpaired) electrons. The first-order valence-electron chi connectivity index (χ1n) is 6.37. The lowest BCUT2D eigenvalue weighted by Crippen LogP contribution is -2.24. The summed E-state index contributed by atoms with van der Waals surface area (Å²) in [5, 5.41) is 4.03. The SMILES string of the molecule is Cc1ccc(S(=O)(=O)N/N=C2\CCC[C@@H]3O[C@H]23)cc1. The number of nitrogens with zero attached hydrogens (tertiary/aromatic N) is 1. The Balaban J connectivity index is 1.75. The largest absolute Gasteiger partial charge is 0.363 e. The first kappa shape index (κ1) is 12.6. The average Bonchev–Trinajstić information content (AvgIpc) is 3.16. The summed E-state index contributed by atoms with van der Waals surface area (Å²) >= 11 is 0. The number of hydrazone groups is 1. The Labute approximate surface area is 112 Å². The van der Waals surface area contributed by atoms with Gasteiger partial charge in [0, 0.05) is 0 Å². The van der Waals surface area contributed by atoms with Crippen LogP contribution in [-0.2, 0) is 14.8 Å². The van der Waals surface area contributed by atoms with Gasteiger partial charge in [0.25, 0.3) is 10.0 Å². The molecule has 1 N–H and O–H groups in total. The lowest BCUT2D eigenvalue weighted by molar-refractivity contribution is 0.389. The molecule has 1 aliphatic heterocycles. The molecule has 1 saturated carbocycles. The molecule has 0 unspecified atom stereocenters. The van der Waals surface area contributed by atoms with E-state index in [2.05, 4.69) is 9.93 Å². The van der Waals surface area contributed by atoms with Gasteiger partial charge in [-0.05, 0) is 38.3 Å². The third kappa shape index (κ3) is 2.64. The molecule has 1 heterocycles. The molecule has 1 aliphatic carbocycles. The Morgan fingerprint density at radius 2 is 2.05 bits per heavy atom. The summed E-state index contributed by atoms with van der Waals surface area (Å²) in [5.41, 5.74) is 1.83. The van der Waals surface area contributed by atoms with Crippen LogP contribution in [0.15, 0.2) is 34.3 Å². The molecule has 0 aromatic heterocycles. The first-order valence-corrected chi connectivity index (χ1v) is 7.85. The fourth-order valence-corrected chi connectivity index (χ4v) is 3.13. The van der Waals surface area contributed by atoms with Crippen molar-refractivity contribution in [1.29, 1.82) is 0 Å². The van der Waals surface area contributed by atoms with E-state index in [0.29, 0.717) is 0 Å². The van der Waals surface area contributed by atoms with Gasteiger partial charge in [0.2, 0.25) is 0 Å². The second-order valence-corrected chi connectivity index (χ2v) is 6.66. The van der Waals surface area contributed by atoms with Crippen LogP contribution in [-0.4, -0.2) is 26.3 Å². The van der Waals surface area contributed by atoms with Crippen molar-refractivity contribution in [2.75, 3.05) is 0 Å². The minimum Gasteiger partial charge on any atom is -0.363 e. The van der Waals surface area contributed by atoms with E-state index in [1.807, 2.05) is 6.92 Å². The van der Waals surface area contributed by atoms with Gasteiger partial charge in [0.05, 0.1) is 16.7 Å². The Morgan fingerprint density at radius 3 is 2.79 bits per heavy atom. The zero-order valence-corrected chi connectivity index (χ0v) is 11.5. The van der Waals surface area contributed by atoms with E-state index < -0.39 is 10.0 Å². The number of ether oxygens (including phenoxy) is 1. The van der Waals surface area contributed by atoms with E-state index in [9.17, 15) is 8.42 Å². The van der Waals surface area contributed by atoms with Crippen LogP contribution in [0.4, 0.5) is 0 Å². The zero-order chi connectivity index (χ0) is 13.5. The fourth-order valence-electron chi connectivity index (χ4n) is 2.29. The van der Waals surface area contributed by atoms with Gasteiger partial charge >= 0.3 is 0 Å². The Hall–Kier alpha value is -1.40. The summed E-state index contributed by atoms with van der Waals surface area (Å²) in [6.45, 7) is 1.91. The van der Waals surface area contributed by atoms with Gasteiger partial charge in [-0.3, -0.25) is 0 Å². The zero-order valence-electron chi connectivity index (χ0n) is 10.7. The van der Waals surface area contributed by atoms with Crippen molar-refractivity contribution in [3.05, 3.63) is 29.8 Å². The molecule has 5 nitrogen and oxygen atoms in total. The van der Waals surface area contributed by atoms with Gasteiger partial charge in [0.15, 0.2) is 0 Å². The maximum absolute atomic E-state index is 12.0. The summed E-state index contributed by atoms with van der Waals surface area (Å²) in [6.07, 6.45) is 3.16. The number of benzene rings is 1. The number of epoxide rings is 1. The maximum atomic E-state index is 12.0. The molecule has 2 fully saturated rings. The van der Waals surface area contributed by atoms with Crippen LogP contribution < -0.4 is 4.83 Å². The molecule has 6 heteroatoms. The van der Waals surface area contributed by atoms with Gasteiger partial charge in [0.1, 0.15) is 6.10 Å². The van der Waals surface area contributed by atoms with Crippen molar-refractivity contribution >= 4 is 15.7 Å². The topological polar surface area (TPSA) is 71.1 Å². The van der Waals surface area contributed by atoms with Crippen LogP contribution in [0.3, 0.4) is 0 Å². The molecular weight excluding hydrogens is 264 g/mol. The number of hydrogen-bond acceptors (Lipinski definition) is 4. The third-order valence-electron chi connectivity index (χ3n) is 3.47. The number of aryl methyl sites for hydroxylation is 1. The Morgan fingerprint density at radius 1 is 1.32 bits per heavy atom. The highest BCUT2D eigenvalue weighted by molar-refractivity contribution is 7.89. The summed E-state index contributed by atoms with van der Waals surface area (Å²) in [4.78, 5) is 2.53. The van der Waals surface area contributed by atoms with E-state index in [-0.39, 0.29) is 17.1 Å². The lowest BCUT2D eigenvalue weighted by atomic mass is 9.99. The highest BCUT2D eigenvalue weighted by Gasteiger charge is 2.45. The van der Waals surface area contributed by atoms with Crippen molar-refractivity contribution in [1.82, 2.24) is 4.83 Å². The summed E-state index contributed by atoms with van der Waals surface area (Å²) in [6, 6.07) is 6.69. The van der Waals surface area contributed by atoms with Gasteiger partial charge in [-0.25, -0.2) is 4.83 Å². The van der Waals surface area contributed by atoms with Gasteiger partial charge in [-0.1, -0.05) is 17.7 Å². The van der Waals surface area contributed by atoms with Crippen LogP contribution >= 0.6 is 0 Å². The molecule has 0 bridgehead atoms. The van der Waals surface area contributed by atoms with E-state index in [0.717, 1.165) is 30.5 Å². The highest BCUT2D eigenvalue weighted by Crippen LogP contribution is 2.34. The Kier molecular flexibility index (Phi) is 3.06. The Bertz CT molecular complexity index is 607. The summed E-state index contributed by atoms with van der Waals surface area (Å²) < 4.78 is 29.5. The molecule has 0 spiro atoms. The summed E-state index contributed by atoms with van der Waals surface area (Å²) in [7, 11) is -3.57. The monoisotopic (exact) mass is 280 g/mol. The molecule has 1 aromatic rings. The van der Waals surface area contributed by atoms with E-state index >= 15 is 0 Å². The van der Waals surface area contributed by atoms with E-state index in [1.54, 1.807) is 24.3 Å². The molecule has 102 valence electrons. The van der Waals surface area contributed by atoms with Gasteiger partial charge in [-0.15, -0.1) is 0 Å². The molecule has 19 heavy (non-hydrogen) atoms. The molecular formula is C13H16N2O3S. The molecule has 3 rings (SSSR count). The van der Waals surface area contributed by atoms with Crippen LogP contribution in [0.25, 0.3) is 0 Å². The molecule has 2 aliphatic rings. The van der Waals surface area contributed by atoms with Crippen LogP contribution in [0.2, 0.25) is 0 Å². The van der Waals surface area contributed by atoms with Crippen LogP contribution in [0.1, 0.15) is 24.8 Å². The van der Waals surface area contributed by atoms with Crippen molar-refractivity contribution in [3.63, 3.8) is 0 Å². The molecule has 1 aromatic carbocycles. The molecule has 2 atom stereocenters. The second kappa shape index (κ2) is 4.61. The first-order chi connectivity index (χ1) is 9.06. The smallest absolute Gasteiger partial charge is 0.276 e. The van der Waals surface area contributed by atoms with Crippen LogP contribution in [0, 0.1) is 6.92 Å².